The quantitative estimate of drug-likeness (QED) is 0.187. The normalized spacial score (nSPS) is 15.4. The largest absolute Gasteiger partial charge is 0.490 e. The Morgan fingerprint density at radius 3 is 2.55 bits per heavy atom. The molecular formula is C35H40ClN3O5. The van der Waals surface area contributed by atoms with Gasteiger partial charge in [-0.2, -0.15) is 0 Å². The minimum absolute atomic E-state index is 0.183. The van der Waals surface area contributed by atoms with Gasteiger partial charge < -0.3 is 24.4 Å². The Labute approximate surface area is 264 Å². The molecule has 1 saturated heterocycles. The molecule has 0 radical (unpaired) electrons. The minimum Gasteiger partial charge on any atom is -0.490 e. The van der Waals surface area contributed by atoms with Gasteiger partial charge in [0.15, 0.2) is 0 Å². The van der Waals surface area contributed by atoms with E-state index in [0.29, 0.717) is 55.2 Å². The summed E-state index contributed by atoms with van der Waals surface area (Å²) in [7, 11) is 2.15. The smallest absolute Gasteiger partial charge is 0.251 e. The van der Waals surface area contributed by atoms with Crippen molar-refractivity contribution in [1.82, 2.24) is 4.90 Å². The standard InChI is InChI=1S/C35H40ClN3O5/c1-3-42-18-19-44-34-11-7-27(22-32(34)36)26-6-10-33-29(20-26)21-28(12-15-39(33)24-40)35(41)37-30-8-4-25(5-9-30)23-38(2)31-13-16-43-17-14-31/h4-11,20-22,24,31H,3,12-19,23H2,1-2H3,(H,37,41). The number of nitrogens with one attached hydrogen (secondary N) is 1. The molecule has 8 nitrogen and oxygen atoms in total. The van der Waals surface area contributed by atoms with E-state index < -0.39 is 0 Å². The van der Waals surface area contributed by atoms with Crippen LogP contribution in [0.4, 0.5) is 11.4 Å². The number of rotatable bonds is 12. The fourth-order valence-electron chi connectivity index (χ4n) is 5.62. The Kier molecular flexibility index (Phi) is 11.1. The maximum atomic E-state index is 13.4. The molecule has 5 rings (SSSR count). The predicted octanol–water partition coefficient (Wildman–Crippen LogP) is 6.42. The van der Waals surface area contributed by atoms with Crippen LogP contribution in [0.1, 0.15) is 37.3 Å². The summed E-state index contributed by atoms with van der Waals surface area (Å²) in [5.74, 6) is 0.410. The van der Waals surface area contributed by atoms with Crippen LogP contribution in [0.2, 0.25) is 5.02 Å². The van der Waals surface area contributed by atoms with Gasteiger partial charge in [0, 0.05) is 50.2 Å². The fraction of sp³-hybridized carbons (Fsp3) is 0.371. The molecule has 2 aliphatic heterocycles. The molecule has 0 spiro atoms. The van der Waals surface area contributed by atoms with E-state index >= 15 is 0 Å². The molecule has 9 heteroatoms. The minimum atomic E-state index is -0.183. The lowest BCUT2D eigenvalue weighted by molar-refractivity contribution is -0.113. The number of fused-ring (bicyclic) bond motifs is 1. The fourth-order valence-corrected chi connectivity index (χ4v) is 5.86. The third-order valence-corrected chi connectivity index (χ3v) is 8.42. The van der Waals surface area contributed by atoms with Crippen LogP contribution in [0.5, 0.6) is 5.75 Å². The third kappa shape index (κ3) is 8.07. The monoisotopic (exact) mass is 617 g/mol. The Morgan fingerprint density at radius 2 is 1.82 bits per heavy atom. The van der Waals surface area contributed by atoms with Crippen LogP contribution in [-0.4, -0.2) is 69.9 Å². The molecule has 0 unspecified atom stereocenters. The van der Waals surface area contributed by atoms with Crippen LogP contribution < -0.4 is 15.0 Å². The number of benzene rings is 3. The van der Waals surface area contributed by atoms with Gasteiger partial charge in [0.05, 0.1) is 17.3 Å². The first-order chi connectivity index (χ1) is 21.4. The second-order valence-corrected chi connectivity index (χ2v) is 11.5. The molecule has 44 heavy (non-hydrogen) atoms. The van der Waals surface area contributed by atoms with Gasteiger partial charge in [0.25, 0.3) is 5.91 Å². The van der Waals surface area contributed by atoms with Gasteiger partial charge in [-0.1, -0.05) is 35.9 Å². The molecule has 2 aliphatic rings. The van der Waals surface area contributed by atoms with E-state index in [0.717, 1.165) is 67.1 Å². The summed E-state index contributed by atoms with van der Waals surface area (Å²) in [6.07, 6.45) is 5.23. The van der Waals surface area contributed by atoms with E-state index in [1.54, 1.807) is 4.90 Å². The first-order valence-electron chi connectivity index (χ1n) is 15.2. The van der Waals surface area contributed by atoms with Gasteiger partial charge in [-0.25, -0.2) is 0 Å². The van der Waals surface area contributed by atoms with E-state index in [9.17, 15) is 9.59 Å². The lowest BCUT2D eigenvalue weighted by atomic mass is 10.00. The number of amides is 2. The molecular weight excluding hydrogens is 578 g/mol. The Hall–Kier alpha value is -3.69. The van der Waals surface area contributed by atoms with Gasteiger partial charge in [0.1, 0.15) is 12.4 Å². The molecule has 0 aromatic heterocycles. The maximum absolute atomic E-state index is 13.4. The van der Waals surface area contributed by atoms with Crippen molar-refractivity contribution in [3.63, 3.8) is 0 Å². The number of carbonyl (C=O) groups excluding carboxylic acids is 2. The Morgan fingerprint density at radius 1 is 1.07 bits per heavy atom. The highest BCUT2D eigenvalue weighted by Crippen LogP contribution is 2.35. The summed E-state index contributed by atoms with van der Waals surface area (Å²) in [6.45, 7) is 6.38. The summed E-state index contributed by atoms with van der Waals surface area (Å²) in [4.78, 5) is 29.4. The van der Waals surface area contributed by atoms with Gasteiger partial charge in [0.2, 0.25) is 6.41 Å². The van der Waals surface area contributed by atoms with Gasteiger partial charge >= 0.3 is 0 Å². The first-order valence-corrected chi connectivity index (χ1v) is 15.6. The molecule has 0 atom stereocenters. The average Bonchev–Trinajstić information content (AvgIpc) is 3.24. The second-order valence-electron chi connectivity index (χ2n) is 11.1. The van der Waals surface area contributed by atoms with Crippen molar-refractivity contribution >= 4 is 41.4 Å². The van der Waals surface area contributed by atoms with Crippen molar-refractivity contribution in [3.8, 4) is 16.9 Å². The van der Waals surface area contributed by atoms with E-state index in [1.807, 2.05) is 61.5 Å². The lowest BCUT2D eigenvalue weighted by Crippen LogP contribution is -2.36. The lowest BCUT2D eigenvalue weighted by Gasteiger charge is -2.31. The molecule has 3 aromatic rings. The van der Waals surface area contributed by atoms with Crippen molar-refractivity contribution in [2.45, 2.75) is 38.8 Å². The molecule has 1 fully saturated rings. The van der Waals surface area contributed by atoms with Crippen LogP contribution in [-0.2, 0) is 25.6 Å². The molecule has 2 heterocycles. The number of anilines is 2. The number of hydrogen-bond donors (Lipinski definition) is 1. The van der Waals surface area contributed by atoms with Crippen molar-refractivity contribution in [2.75, 3.05) is 56.8 Å². The number of carbonyl (C=O) groups is 2. The zero-order valence-electron chi connectivity index (χ0n) is 25.4. The van der Waals surface area contributed by atoms with E-state index in [1.165, 1.54) is 5.56 Å². The summed E-state index contributed by atoms with van der Waals surface area (Å²) >= 11 is 6.53. The highest BCUT2D eigenvalue weighted by Gasteiger charge is 2.21. The van der Waals surface area contributed by atoms with E-state index in [4.69, 9.17) is 25.8 Å². The zero-order chi connectivity index (χ0) is 30.9. The summed E-state index contributed by atoms with van der Waals surface area (Å²) in [6, 6.07) is 20.0. The number of hydrogen-bond acceptors (Lipinski definition) is 6. The topological polar surface area (TPSA) is 80.3 Å². The van der Waals surface area contributed by atoms with Crippen LogP contribution in [0, 0.1) is 0 Å². The van der Waals surface area contributed by atoms with E-state index in [2.05, 4.69) is 29.4 Å². The number of ether oxygens (including phenoxy) is 3. The predicted molar refractivity (Wildman–Crippen MR) is 175 cm³/mol. The van der Waals surface area contributed by atoms with Crippen molar-refractivity contribution in [3.05, 3.63) is 82.4 Å². The van der Waals surface area contributed by atoms with E-state index in [-0.39, 0.29) is 5.91 Å². The molecule has 1 N–H and O–H groups in total. The van der Waals surface area contributed by atoms with Crippen LogP contribution in [0.3, 0.4) is 0 Å². The van der Waals surface area contributed by atoms with Crippen LogP contribution >= 0.6 is 11.6 Å². The number of nitrogens with zero attached hydrogens (tertiary/aromatic N) is 2. The van der Waals surface area contributed by atoms with Crippen molar-refractivity contribution < 1.29 is 23.8 Å². The van der Waals surface area contributed by atoms with Crippen molar-refractivity contribution in [2.24, 2.45) is 0 Å². The van der Waals surface area contributed by atoms with Crippen molar-refractivity contribution in [1.29, 1.82) is 0 Å². The number of halogens is 1. The molecule has 0 aliphatic carbocycles. The summed E-state index contributed by atoms with van der Waals surface area (Å²) in [5.41, 5.74) is 5.89. The zero-order valence-corrected chi connectivity index (χ0v) is 26.1. The van der Waals surface area contributed by atoms with Gasteiger partial charge in [-0.05, 0) is 98.0 Å². The Bertz CT molecular complexity index is 1470. The molecule has 2 amide bonds. The molecule has 0 saturated carbocycles. The molecule has 3 aromatic carbocycles. The van der Waals surface area contributed by atoms with Gasteiger partial charge in [-0.3, -0.25) is 14.5 Å². The van der Waals surface area contributed by atoms with Crippen LogP contribution in [0.15, 0.2) is 66.2 Å². The first kappa shape index (κ1) is 31.7. The molecule has 0 bridgehead atoms. The maximum Gasteiger partial charge on any atom is 0.251 e. The SMILES string of the molecule is CCOCCOc1ccc(-c2ccc3c(c2)C=C(C(=O)Nc2ccc(CN(C)C4CCOCC4)cc2)CCN3C=O)cc1Cl. The highest BCUT2D eigenvalue weighted by atomic mass is 35.5. The van der Waals surface area contributed by atoms with Gasteiger partial charge in [-0.15, -0.1) is 0 Å². The molecule has 232 valence electrons. The average molecular weight is 618 g/mol. The Balaban J connectivity index is 1.29. The van der Waals surface area contributed by atoms with Crippen LogP contribution in [0.25, 0.3) is 17.2 Å². The summed E-state index contributed by atoms with van der Waals surface area (Å²) < 4.78 is 16.6. The third-order valence-electron chi connectivity index (χ3n) is 8.12. The second kappa shape index (κ2) is 15.3. The summed E-state index contributed by atoms with van der Waals surface area (Å²) in [5, 5.41) is 3.55. The highest BCUT2D eigenvalue weighted by molar-refractivity contribution is 6.32.